The van der Waals surface area contributed by atoms with Crippen LogP contribution >= 0.6 is 11.3 Å². The SMILES string of the molecule is Cc1sc(C)c(S(=O)(=O)N2c3ccccc3C[C@@H]2C)c1-c1ccno1. The zero-order valence-corrected chi connectivity index (χ0v) is 15.8. The van der Waals surface area contributed by atoms with Crippen LogP contribution in [0.4, 0.5) is 5.69 Å². The number of nitrogens with zero attached hydrogens (tertiary/aromatic N) is 2. The van der Waals surface area contributed by atoms with Gasteiger partial charge in [0.15, 0.2) is 5.76 Å². The van der Waals surface area contributed by atoms with E-state index < -0.39 is 10.0 Å². The topological polar surface area (TPSA) is 63.4 Å². The van der Waals surface area contributed by atoms with Crippen LogP contribution in [0.3, 0.4) is 0 Å². The molecule has 0 aliphatic carbocycles. The van der Waals surface area contributed by atoms with Crippen LogP contribution in [0.5, 0.6) is 0 Å². The van der Waals surface area contributed by atoms with Crippen LogP contribution in [-0.4, -0.2) is 19.6 Å². The van der Waals surface area contributed by atoms with Crippen molar-refractivity contribution in [1.82, 2.24) is 5.16 Å². The van der Waals surface area contributed by atoms with Gasteiger partial charge >= 0.3 is 0 Å². The van der Waals surface area contributed by atoms with Crippen LogP contribution in [-0.2, 0) is 16.4 Å². The summed E-state index contributed by atoms with van der Waals surface area (Å²) in [7, 11) is -3.71. The monoisotopic (exact) mass is 374 g/mol. The lowest BCUT2D eigenvalue weighted by molar-refractivity contribution is 0.431. The quantitative estimate of drug-likeness (QED) is 0.690. The predicted octanol–water partition coefficient (Wildman–Crippen LogP) is 4.16. The zero-order valence-electron chi connectivity index (χ0n) is 14.2. The highest BCUT2D eigenvalue weighted by Gasteiger charge is 2.39. The van der Waals surface area contributed by atoms with E-state index in [9.17, 15) is 8.42 Å². The molecule has 3 heterocycles. The summed E-state index contributed by atoms with van der Waals surface area (Å²) in [6.07, 6.45) is 2.25. The lowest BCUT2D eigenvalue weighted by Gasteiger charge is -2.25. The van der Waals surface area contributed by atoms with Gasteiger partial charge in [-0.1, -0.05) is 23.4 Å². The van der Waals surface area contributed by atoms with Crippen molar-refractivity contribution in [3.63, 3.8) is 0 Å². The number of sulfonamides is 1. The summed E-state index contributed by atoms with van der Waals surface area (Å²) in [6, 6.07) is 9.27. The number of fused-ring (bicyclic) bond motifs is 1. The van der Waals surface area contributed by atoms with Gasteiger partial charge in [0.1, 0.15) is 4.90 Å². The Morgan fingerprint density at radius 2 is 1.96 bits per heavy atom. The van der Waals surface area contributed by atoms with E-state index in [4.69, 9.17) is 4.52 Å². The maximum absolute atomic E-state index is 13.6. The van der Waals surface area contributed by atoms with Crippen molar-refractivity contribution in [3.05, 3.63) is 51.8 Å². The molecule has 2 aromatic heterocycles. The summed E-state index contributed by atoms with van der Waals surface area (Å²) in [6.45, 7) is 5.70. The minimum atomic E-state index is -3.71. The molecule has 1 atom stereocenters. The second-order valence-corrected chi connectivity index (χ2v) is 9.46. The largest absolute Gasteiger partial charge is 0.356 e. The first-order chi connectivity index (χ1) is 11.9. The van der Waals surface area contributed by atoms with Gasteiger partial charge in [0.05, 0.1) is 17.4 Å². The number of para-hydroxylation sites is 1. The molecule has 0 unspecified atom stereocenters. The Morgan fingerprint density at radius 3 is 2.68 bits per heavy atom. The molecule has 0 spiro atoms. The predicted molar refractivity (Wildman–Crippen MR) is 98.6 cm³/mol. The van der Waals surface area contributed by atoms with E-state index in [0.717, 1.165) is 27.4 Å². The van der Waals surface area contributed by atoms with Crippen LogP contribution in [0.25, 0.3) is 11.3 Å². The maximum Gasteiger partial charge on any atom is 0.266 e. The van der Waals surface area contributed by atoms with Gasteiger partial charge in [-0.25, -0.2) is 8.42 Å². The maximum atomic E-state index is 13.6. The molecular weight excluding hydrogens is 356 g/mol. The van der Waals surface area contributed by atoms with Crippen molar-refractivity contribution in [2.24, 2.45) is 0 Å². The normalized spacial score (nSPS) is 17.1. The van der Waals surface area contributed by atoms with Gasteiger partial charge in [0, 0.05) is 21.9 Å². The number of benzene rings is 1. The van der Waals surface area contributed by atoms with Gasteiger partial charge < -0.3 is 4.52 Å². The van der Waals surface area contributed by atoms with E-state index in [2.05, 4.69) is 5.16 Å². The number of aromatic nitrogens is 1. The Labute approximate surface area is 150 Å². The Hall–Kier alpha value is -2.12. The molecule has 0 radical (unpaired) electrons. The van der Waals surface area contributed by atoms with E-state index in [1.807, 2.05) is 45.0 Å². The first-order valence-corrected chi connectivity index (χ1v) is 10.3. The Morgan fingerprint density at radius 1 is 1.20 bits per heavy atom. The second-order valence-electron chi connectivity index (χ2n) is 6.28. The third-order valence-electron chi connectivity index (χ3n) is 4.55. The molecular formula is C18H18N2O3S2. The molecule has 3 aromatic rings. The summed E-state index contributed by atoms with van der Waals surface area (Å²) in [4.78, 5) is 2.00. The number of anilines is 1. The van der Waals surface area contributed by atoms with Crippen LogP contribution in [0.15, 0.2) is 45.9 Å². The first-order valence-electron chi connectivity index (χ1n) is 8.04. The summed E-state index contributed by atoms with van der Waals surface area (Å²) in [5, 5.41) is 3.74. The van der Waals surface area contributed by atoms with Crippen LogP contribution in [0, 0.1) is 13.8 Å². The fraction of sp³-hybridized carbons (Fsp3) is 0.278. The molecule has 7 heteroatoms. The van der Waals surface area contributed by atoms with E-state index in [-0.39, 0.29) is 6.04 Å². The highest BCUT2D eigenvalue weighted by atomic mass is 32.2. The molecule has 5 nitrogen and oxygen atoms in total. The molecule has 0 N–H and O–H groups in total. The van der Waals surface area contributed by atoms with Gasteiger partial charge in [-0.15, -0.1) is 11.3 Å². The highest BCUT2D eigenvalue weighted by Crippen LogP contribution is 2.44. The molecule has 1 aliphatic rings. The number of hydrogen-bond donors (Lipinski definition) is 0. The third-order valence-corrected chi connectivity index (χ3v) is 7.80. The van der Waals surface area contributed by atoms with Crippen molar-refractivity contribution < 1.29 is 12.9 Å². The smallest absolute Gasteiger partial charge is 0.266 e. The van der Waals surface area contributed by atoms with Gasteiger partial charge in [0.2, 0.25) is 0 Å². The standard InChI is InChI=1S/C18H18N2O3S2/c1-11-10-14-6-4-5-7-15(14)20(11)25(21,22)18-13(3)24-12(2)17(18)16-8-9-19-23-16/h4-9,11H,10H2,1-3H3/t11-/m0/s1. The average molecular weight is 374 g/mol. The molecule has 0 bridgehead atoms. The van der Waals surface area contributed by atoms with Gasteiger partial charge in [-0.05, 0) is 38.8 Å². The molecule has 1 aliphatic heterocycles. The van der Waals surface area contributed by atoms with E-state index in [0.29, 0.717) is 16.2 Å². The van der Waals surface area contributed by atoms with Crippen molar-refractivity contribution in [1.29, 1.82) is 0 Å². The number of rotatable bonds is 3. The second kappa shape index (κ2) is 5.71. The summed E-state index contributed by atoms with van der Waals surface area (Å²) < 4.78 is 34.1. The van der Waals surface area contributed by atoms with E-state index in [1.165, 1.54) is 17.5 Å². The zero-order chi connectivity index (χ0) is 17.8. The fourth-order valence-corrected chi connectivity index (χ4v) is 7.13. The van der Waals surface area contributed by atoms with Gasteiger partial charge in [-0.2, -0.15) is 0 Å². The molecule has 0 saturated carbocycles. The minimum Gasteiger partial charge on any atom is -0.356 e. The minimum absolute atomic E-state index is 0.121. The van der Waals surface area contributed by atoms with Crippen molar-refractivity contribution in [3.8, 4) is 11.3 Å². The Bertz CT molecular complexity index is 1040. The van der Waals surface area contributed by atoms with Crippen LogP contribution in [0.1, 0.15) is 22.2 Å². The van der Waals surface area contributed by atoms with Crippen molar-refractivity contribution >= 4 is 27.0 Å². The molecule has 0 saturated heterocycles. The molecule has 25 heavy (non-hydrogen) atoms. The Balaban J connectivity index is 1.94. The Kier molecular flexibility index (Phi) is 3.73. The van der Waals surface area contributed by atoms with Crippen molar-refractivity contribution in [2.45, 2.75) is 38.1 Å². The third kappa shape index (κ3) is 2.41. The lowest BCUT2D eigenvalue weighted by Crippen LogP contribution is -2.36. The van der Waals surface area contributed by atoms with Crippen LogP contribution in [0.2, 0.25) is 0 Å². The summed E-state index contributed by atoms with van der Waals surface area (Å²) in [5.41, 5.74) is 2.45. The van der Waals surface area contributed by atoms with Crippen LogP contribution < -0.4 is 4.31 Å². The first kappa shape index (κ1) is 16.4. The number of thiophene rings is 1. The van der Waals surface area contributed by atoms with Crippen molar-refractivity contribution in [2.75, 3.05) is 4.31 Å². The average Bonchev–Trinajstić information content (AvgIpc) is 3.23. The fourth-order valence-electron chi connectivity index (χ4n) is 3.61. The summed E-state index contributed by atoms with van der Waals surface area (Å²) >= 11 is 1.47. The molecule has 0 fully saturated rings. The molecule has 0 amide bonds. The number of hydrogen-bond acceptors (Lipinski definition) is 5. The highest BCUT2D eigenvalue weighted by molar-refractivity contribution is 7.93. The lowest BCUT2D eigenvalue weighted by atomic mass is 10.1. The summed E-state index contributed by atoms with van der Waals surface area (Å²) in [5.74, 6) is 0.487. The molecule has 4 rings (SSSR count). The van der Waals surface area contributed by atoms with Gasteiger partial charge in [0.25, 0.3) is 10.0 Å². The number of aryl methyl sites for hydroxylation is 2. The van der Waals surface area contributed by atoms with Gasteiger partial charge in [-0.3, -0.25) is 4.31 Å². The molecule has 1 aromatic carbocycles. The molecule has 130 valence electrons. The van der Waals surface area contributed by atoms with E-state index >= 15 is 0 Å². The van der Waals surface area contributed by atoms with E-state index in [1.54, 1.807) is 10.4 Å².